The van der Waals surface area contributed by atoms with Gasteiger partial charge in [0.15, 0.2) is 5.78 Å². The number of ether oxygens (including phenoxy) is 1. The highest BCUT2D eigenvalue weighted by molar-refractivity contribution is 14.1. The highest BCUT2D eigenvalue weighted by atomic mass is 127. The summed E-state index contributed by atoms with van der Waals surface area (Å²) in [5.41, 5.74) is 1.89. The summed E-state index contributed by atoms with van der Waals surface area (Å²) < 4.78 is 20.1. The molecule has 0 spiro atoms. The van der Waals surface area contributed by atoms with E-state index in [2.05, 4.69) is 10.3 Å². The summed E-state index contributed by atoms with van der Waals surface area (Å²) in [5, 5.41) is 2.62. The number of halogens is 2. The molecule has 148 valence electrons. The van der Waals surface area contributed by atoms with Crippen LogP contribution in [0.25, 0.3) is 0 Å². The Hall–Kier alpha value is -2.81. The predicted octanol–water partition coefficient (Wildman–Crippen LogP) is 4.04. The van der Waals surface area contributed by atoms with Crippen LogP contribution in [0.2, 0.25) is 0 Å². The number of rotatable bonds is 7. The first-order chi connectivity index (χ1) is 14.0. The van der Waals surface area contributed by atoms with Gasteiger partial charge < -0.3 is 10.1 Å². The Morgan fingerprint density at radius 1 is 1.14 bits per heavy atom. The predicted molar refractivity (Wildman–Crippen MR) is 116 cm³/mol. The van der Waals surface area contributed by atoms with Crippen molar-refractivity contribution in [1.29, 1.82) is 0 Å². The molecule has 1 N–H and O–H groups in total. The smallest absolute Gasteiger partial charge is 0.251 e. The lowest BCUT2D eigenvalue weighted by molar-refractivity contribution is 0.0903. The Labute approximate surface area is 181 Å². The van der Waals surface area contributed by atoms with Gasteiger partial charge in [-0.2, -0.15) is 0 Å². The van der Waals surface area contributed by atoms with E-state index in [9.17, 15) is 14.0 Å². The molecule has 0 fully saturated rings. The normalized spacial score (nSPS) is 10.4. The highest BCUT2D eigenvalue weighted by Gasteiger charge is 2.15. The number of nitrogens with one attached hydrogen (secondary N) is 1. The van der Waals surface area contributed by atoms with Crippen LogP contribution in [-0.2, 0) is 6.42 Å². The summed E-state index contributed by atoms with van der Waals surface area (Å²) in [5.74, 6) is -0.425. The van der Waals surface area contributed by atoms with Gasteiger partial charge in [-0.25, -0.2) is 4.39 Å². The van der Waals surface area contributed by atoms with E-state index in [1.807, 2.05) is 28.7 Å². The van der Waals surface area contributed by atoms with Crippen molar-refractivity contribution < 1.29 is 18.7 Å². The average Bonchev–Trinajstić information content (AvgIpc) is 2.74. The van der Waals surface area contributed by atoms with Crippen LogP contribution >= 0.6 is 22.6 Å². The van der Waals surface area contributed by atoms with Crippen LogP contribution < -0.4 is 10.1 Å². The van der Waals surface area contributed by atoms with Crippen molar-refractivity contribution in [3.63, 3.8) is 0 Å². The number of pyridine rings is 1. The SMILES string of the molecule is COc1cccc(C(=O)NCC(=O)c2ccncc2Cc2ccc(I)cc2F)c1. The van der Waals surface area contributed by atoms with Crippen molar-refractivity contribution >= 4 is 34.3 Å². The number of nitrogens with zero attached hydrogens (tertiary/aromatic N) is 1. The molecule has 0 saturated carbocycles. The van der Waals surface area contributed by atoms with Gasteiger partial charge in [-0.3, -0.25) is 14.6 Å². The van der Waals surface area contributed by atoms with Crippen molar-refractivity contribution in [3.8, 4) is 5.75 Å². The van der Waals surface area contributed by atoms with Gasteiger partial charge in [0.2, 0.25) is 0 Å². The van der Waals surface area contributed by atoms with Gasteiger partial charge in [0, 0.05) is 33.5 Å². The number of methoxy groups -OCH3 is 1. The minimum Gasteiger partial charge on any atom is -0.497 e. The number of benzene rings is 2. The van der Waals surface area contributed by atoms with Gasteiger partial charge in [-0.15, -0.1) is 0 Å². The number of carbonyl (C=O) groups excluding carboxylic acids is 2. The van der Waals surface area contributed by atoms with E-state index in [0.29, 0.717) is 28.0 Å². The van der Waals surface area contributed by atoms with Crippen LogP contribution in [0, 0.1) is 9.39 Å². The lowest BCUT2D eigenvalue weighted by Crippen LogP contribution is -2.30. The average molecular weight is 504 g/mol. The third kappa shape index (κ3) is 5.38. The molecule has 0 saturated heterocycles. The Balaban J connectivity index is 1.72. The van der Waals surface area contributed by atoms with Crippen molar-refractivity contribution in [3.05, 3.63) is 92.6 Å². The van der Waals surface area contributed by atoms with Gasteiger partial charge in [-0.1, -0.05) is 12.1 Å². The van der Waals surface area contributed by atoms with E-state index >= 15 is 0 Å². The maximum Gasteiger partial charge on any atom is 0.251 e. The van der Waals surface area contributed by atoms with Gasteiger partial charge in [0.1, 0.15) is 11.6 Å². The van der Waals surface area contributed by atoms with Gasteiger partial charge in [0.25, 0.3) is 5.91 Å². The molecule has 1 heterocycles. The first-order valence-corrected chi connectivity index (χ1v) is 9.88. The van der Waals surface area contributed by atoms with Crippen LogP contribution in [0.1, 0.15) is 31.8 Å². The van der Waals surface area contributed by atoms with E-state index in [-0.39, 0.29) is 30.5 Å². The molecule has 0 aliphatic rings. The number of hydrogen-bond donors (Lipinski definition) is 1. The van der Waals surface area contributed by atoms with Crippen molar-refractivity contribution in [1.82, 2.24) is 10.3 Å². The quantitative estimate of drug-likeness (QED) is 0.390. The van der Waals surface area contributed by atoms with Gasteiger partial charge in [-0.05, 0) is 70.1 Å². The number of hydrogen-bond acceptors (Lipinski definition) is 4. The maximum atomic E-state index is 14.2. The molecule has 0 aliphatic heterocycles. The molecule has 1 amide bonds. The van der Waals surface area contributed by atoms with Crippen LogP contribution in [0.15, 0.2) is 60.9 Å². The number of carbonyl (C=O) groups is 2. The molecule has 1 aromatic heterocycles. The molecule has 2 aromatic carbocycles. The fourth-order valence-corrected chi connectivity index (χ4v) is 3.29. The highest BCUT2D eigenvalue weighted by Crippen LogP contribution is 2.19. The van der Waals surface area contributed by atoms with Crippen molar-refractivity contribution in [2.75, 3.05) is 13.7 Å². The van der Waals surface area contributed by atoms with Crippen molar-refractivity contribution in [2.45, 2.75) is 6.42 Å². The van der Waals surface area contributed by atoms with Crippen LogP contribution in [0.5, 0.6) is 5.75 Å². The fourth-order valence-electron chi connectivity index (χ4n) is 2.83. The third-order valence-electron chi connectivity index (χ3n) is 4.34. The number of aromatic nitrogens is 1. The largest absolute Gasteiger partial charge is 0.497 e. The van der Waals surface area contributed by atoms with E-state index < -0.39 is 0 Å². The molecule has 0 radical (unpaired) electrons. The van der Waals surface area contributed by atoms with Gasteiger partial charge in [0.05, 0.1) is 13.7 Å². The summed E-state index contributed by atoms with van der Waals surface area (Å²) in [6.45, 7) is -0.178. The first-order valence-electron chi connectivity index (χ1n) is 8.80. The minimum atomic E-state index is -0.378. The second-order valence-corrected chi connectivity index (χ2v) is 7.53. The molecule has 29 heavy (non-hydrogen) atoms. The Bertz CT molecular complexity index is 1060. The minimum absolute atomic E-state index is 0.178. The summed E-state index contributed by atoms with van der Waals surface area (Å²) in [6.07, 6.45) is 3.29. The molecule has 0 unspecified atom stereocenters. The second-order valence-electron chi connectivity index (χ2n) is 6.28. The summed E-state index contributed by atoms with van der Waals surface area (Å²) in [7, 11) is 1.52. The van der Waals surface area contributed by atoms with E-state index in [4.69, 9.17) is 4.74 Å². The third-order valence-corrected chi connectivity index (χ3v) is 5.01. The molecule has 0 aliphatic carbocycles. The topological polar surface area (TPSA) is 68.3 Å². The number of ketones is 1. The fraction of sp³-hybridized carbons (Fsp3) is 0.136. The summed E-state index contributed by atoms with van der Waals surface area (Å²) in [6, 6.07) is 13.2. The molecule has 3 rings (SSSR count). The lowest BCUT2D eigenvalue weighted by Gasteiger charge is -2.10. The van der Waals surface area contributed by atoms with E-state index in [1.165, 1.54) is 19.4 Å². The number of amides is 1. The standard InChI is InChI=1S/C22H18FIN2O3/c1-29-18-4-2-3-15(10-18)22(28)26-13-21(27)19-7-8-25-12-16(19)9-14-5-6-17(24)11-20(14)23/h2-8,10-12H,9,13H2,1H3,(H,26,28). The summed E-state index contributed by atoms with van der Waals surface area (Å²) >= 11 is 2.04. The zero-order valence-corrected chi connectivity index (χ0v) is 17.8. The summed E-state index contributed by atoms with van der Waals surface area (Å²) in [4.78, 5) is 29.1. The Morgan fingerprint density at radius 2 is 1.97 bits per heavy atom. The van der Waals surface area contributed by atoms with Crippen LogP contribution in [-0.4, -0.2) is 30.3 Å². The first kappa shape index (κ1) is 20.9. The zero-order chi connectivity index (χ0) is 20.8. The van der Waals surface area contributed by atoms with E-state index in [0.717, 1.165) is 3.57 Å². The molecule has 0 bridgehead atoms. The van der Waals surface area contributed by atoms with Gasteiger partial charge >= 0.3 is 0 Å². The second kappa shape index (κ2) is 9.60. The van der Waals surface area contributed by atoms with E-state index in [1.54, 1.807) is 42.6 Å². The number of Topliss-reactive ketones (excluding diaryl/α,β-unsaturated/α-hetero) is 1. The Kier molecular flexibility index (Phi) is 6.92. The monoisotopic (exact) mass is 504 g/mol. The molecular formula is C22H18FIN2O3. The molecule has 0 atom stereocenters. The lowest BCUT2D eigenvalue weighted by atomic mass is 9.99. The van der Waals surface area contributed by atoms with Crippen molar-refractivity contribution in [2.24, 2.45) is 0 Å². The Morgan fingerprint density at radius 3 is 2.72 bits per heavy atom. The zero-order valence-electron chi connectivity index (χ0n) is 15.6. The maximum absolute atomic E-state index is 14.2. The van der Waals surface area contributed by atoms with Crippen LogP contribution in [0.3, 0.4) is 0 Å². The molecule has 5 nitrogen and oxygen atoms in total. The van der Waals surface area contributed by atoms with Crippen LogP contribution in [0.4, 0.5) is 4.39 Å². The molecular weight excluding hydrogens is 486 g/mol. The molecule has 3 aromatic rings. The molecule has 7 heteroatoms.